The number of carbonyl (C=O) groups excluding carboxylic acids is 1. The van der Waals surface area contributed by atoms with E-state index in [0.717, 1.165) is 76.2 Å². The third kappa shape index (κ3) is 5.24. The minimum atomic E-state index is -0.170. The van der Waals surface area contributed by atoms with Crippen LogP contribution in [0, 0.1) is 0 Å². The van der Waals surface area contributed by atoms with Crippen LogP contribution in [0.4, 0.5) is 11.4 Å². The number of anilines is 2. The molecule has 2 aromatic carbocycles. The molecule has 3 aliphatic rings. The molecule has 0 bridgehead atoms. The molecule has 3 aliphatic heterocycles. The Bertz CT molecular complexity index is 953. The van der Waals surface area contributed by atoms with Crippen LogP contribution in [-0.2, 0) is 16.1 Å². The maximum absolute atomic E-state index is 12.9. The van der Waals surface area contributed by atoms with E-state index in [4.69, 9.17) is 14.2 Å². The molecule has 0 saturated carbocycles. The van der Waals surface area contributed by atoms with Crippen molar-refractivity contribution in [2.45, 2.75) is 19.5 Å². The summed E-state index contributed by atoms with van der Waals surface area (Å²) in [6.45, 7) is 10.1. The molecule has 0 aliphatic carbocycles. The zero-order chi connectivity index (χ0) is 22.6. The summed E-state index contributed by atoms with van der Waals surface area (Å²) in [6, 6.07) is 14.1. The van der Waals surface area contributed by atoms with Gasteiger partial charge in [0, 0.05) is 57.2 Å². The van der Waals surface area contributed by atoms with Gasteiger partial charge in [0.25, 0.3) is 0 Å². The van der Waals surface area contributed by atoms with E-state index in [2.05, 4.69) is 44.3 Å². The highest BCUT2D eigenvalue weighted by Gasteiger charge is 2.26. The highest BCUT2D eigenvalue weighted by Crippen LogP contribution is 2.33. The number of nitrogens with one attached hydrogen (secondary N) is 1. The van der Waals surface area contributed by atoms with Crippen LogP contribution in [0.3, 0.4) is 0 Å². The average molecular weight is 453 g/mol. The standard InChI is InChI=1S/C25H32N4O4/c1-19(25(30)26-21-3-5-22(6-4-21)29-12-14-31-15-13-29)28-10-8-27(9-11-28)17-20-2-7-23-24(16-20)33-18-32-23/h2-7,16,19H,8-15,17-18H2,1H3,(H,26,30)/t19-/m1/s1. The van der Waals surface area contributed by atoms with Crippen LogP contribution in [0.15, 0.2) is 42.5 Å². The lowest BCUT2D eigenvalue weighted by Gasteiger charge is -2.37. The monoisotopic (exact) mass is 452 g/mol. The van der Waals surface area contributed by atoms with Gasteiger partial charge in [-0.15, -0.1) is 0 Å². The number of carbonyl (C=O) groups is 1. The summed E-state index contributed by atoms with van der Waals surface area (Å²) in [5.41, 5.74) is 3.23. The second kappa shape index (κ2) is 9.99. The Kier molecular flexibility index (Phi) is 6.66. The lowest BCUT2D eigenvalue weighted by molar-refractivity contribution is -0.121. The molecule has 2 fully saturated rings. The molecule has 8 heteroatoms. The topological polar surface area (TPSA) is 66.5 Å². The first-order chi connectivity index (χ1) is 16.2. The molecule has 1 amide bonds. The van der Waals surface area contributed by atoms with Gasteiger partial charge in [0.05, 0.1) is 19.3 Å². The summed E-state index contributed by atoms with van der Waals surface area (Å²) in [5.74, 6) is 1.69. The molecule has 8 nitrogen and oxygen atoms in total. The summed E-state index contributed by atoms with van der Waals surface area (Å²) < 4.78 is 16.3. The number of fused-ring (bicyclic) bond motifs is 1. The normalized spacial score (nSPS) is 20.0. The van der Waals surface area contributed by atoms with E-state index < -0.39 is 0 Å². The first-order valence-electron chi connectivity index (χ1n) is 11.7. The van der Waals surface area contributed by atoms with Crippen molar-refractivity contribution in [2.24, 2.45) is 0 Å². The molecule has 5 rings (SSSR count). The van der Waals surface area contributed by atoms with Gasteiger partial charge in [-0.05, 0) is 48.9 Å². The maximum Gasteiger partial charge on any atom is 0.241 e. The van der Waals surface area contributed by atoms with Crippen LogP contribution in [0.2, 0.25) is 0 Å². The van der Waals surface area contributed by atoms with Crippen LogP contribution in [-0.4, -0.2) is 81.0 Å². The molecule has 2 aromatic rings. The molecule has 33 heavy (non-hydrogen) atoms. The molecule has 0 radical (unpaired) electrons. The van der Waals surface area contributed by atoms with Crippen molar-refractivity contribution in [1.82, 2.24) is 9.80 Å². The Morgan fingerprint density at radius 1 is 0.939 bits per heavy atom. The maximum atomic E-state index is 12.9. The van der Waals surface area contributed by atoms with Gasteiger partial charge >= 0.3 is 0 Å². The van der Waals surface area contributed by atoms with Crippen LogP contribution >= 0.6 is 0 Å². The Morgan fingerprint density at radius 2 is 1.67 bits per heavy atom. The minimum Gasteiger partial charge on any atom is -0.454 e. The molecule has 0 unspecified atom stereocenters. The first-order valence-corrected chi connectivity index (χ1v) is 11.7. The molecular weight excluding hydrogens is 420 g/mol. The van der Waals surface area contributed by atoms with Crippen molar-refractivity contribution in [3.8, 4) is 11.5 Å². The lowest BCUT2D eigenvalue weighted by atomic mass is 10.1. The smallest absolute Gasteiger partial charge is 0.241 e. The first kappa shape index (κ1) is 22.0. The number of ether oxygens (including phenoxy) is 3. The molecule has 2 saturated heterocycles. The van der Waals surface area contributed by atoms with Gasteiger partial charge in [0.15, 0.2) is 11.5 Å². The Hall–Kier alpha value is -2.81. The molecule has 176 valence electrons. The van der Waals surface area contributed by atoms with E-state index in [9.17, 15) is 4.79 Å². The number of benzene rings is 2. The van der Waals surface area contributed by atoms with Gasteiger partial charge in [-0.3, -0.25) is 14.6 Å². The second-order valence-electron chi connectivity index (χ2n) is 8.81. The van der Waals surface area contributed by atoms with E-state index in [1.165, 1.54) is 11.3 Å². The summed E-state index contributed by atoms with van der Waals surface area (Å²) in [7, 11) is 0. The Balaban J connectivity index is 1.09. The second-order valence-corrected chi connectivity index (χ2v) is 8.81. The van der Waals surface area contributed by atoms with Gasteiger partial charge < -0.3 is 24.4 Å². The zero-order valence-electron chi connectivity index (χ0n) is 19.2. The minimum absolute atomic E-state index is 0.0401. The number of nitrogens with zero attached hydrogens (tertiary/aromatic N) is 3. The molecule has 0 spiro atoms. The van der Waals surface area contributed by atoms with Crippen LogP contribution in [0.25, 0.3) is 0 Å². The zero-order valence-corrected chi connectivity index (χ0v) is 19.2. The fourth-order valence-electron chi connectivity index (χ4n) is 4.60. The van der Waals surface area contributed by atoms with Crippen LogP contribution < -0.4 is 19.7 Å². The van der Waals surface area contributed by atoms with Gasteiger partial charge in [-0.25, -0.2) is 0 Å². The van der Waals surface area contributed by atoms with Gasteiger partial charge in [0.1, 0.15) is 0 Å². The predicted molar refractivity (Wildman–Crippen MR) is 127 cm³/mol. The number of rotatable bonds is 6. The Labute approximate surface area is 195 Å². The summed E-state index contributed by atoms with van der Waals surface area (Å²) in [4.78, 5) is 19.8. The quantitative estimate of drug-likeness (QED) is 0.722. The molecular formula is C25H32N4O4. The highest BCUT2D eigenvalue weighted by molar-refractivity contribution is 5.94. The number of morpholine rings is 1. The highest BCUT2D eigenvalue weighted by atomic mass is 16.7. The van der Waals surface area contributed by atoms with E-state index >= 15 is 0 Å². The van der Waals surface area contributed by atoms with Crippen molar-refractivity contribution in [3.63, 3.8) is 0 Å². The SMILES string of the molecule is C[C@H](C(=O)Nc1ccc(N2CCOCC2)cc1)N1CCN(Cc2ccc3c(c2)OCO3)CC1. The van der Waals surface area contributed by atoms with E-state index in [0.29, 0.717) is 6.79 Å². The molecule has 0 aromatic heterocycles. The van der Waals surface area contributed by atoms with Crippen LogP contribution in [0.1, 0.15) is 12.5 Å². The van der Waals surface area contributed by atoms with Crippen molar-refractivity contribution >= 4 is 17.3 Å². The van der Waals surface area contributed by atoms with Gasteiger partial charge in [0.2, 0.25) is 12.7 Å². The van der Waals surface area contributed by atoms with Gasteiger partial charge in [-0.2, -0.15) is 0 Å². The fourth-order valence-corrected chi connectivity index (χ4v) is 4.60. The average Bonchev–Trinajstić information content (AvgIpc) is 3.33. The molecule has 1 N–H and O–H groups in total. The van der Waals surface area contributed by atoms with Crippen molar-refractivity contribution in [1.29, 1.82) is 0 Å². The van der Waals surface area contributed by atoms with E-state index in [1.807, 2.05) is 25.1 Å². The van der Waals surface area contributed by atoms with Gasteiger partial charge in [-0.1, -0.05) is 6.07 Å². The molecule has 1 atom stereocenters. The largest absolute Gasteiger partial charge is 0.454 e. The fraction of sp³-hybridized carbons (Fsp3) is 0.480. The lowest BCUT2D eigenvalue weighted by Crippen LogP contribution is -2.52. The van der Waals surface area contributed by atoms with Crippen molar-refractivity contribution in [3.05, 3.63) is 48.0 Å². The third-order valence-corrected chi connectivity index (χ3v) is 6.69. The van der Waals surface area contributed by atoms with Crippen molar-refractivity contribution < 1.29 is 19.0 Å². The number of hydrogen-bond donors (Lipinski definition) is 1. The summed E-state index contributed by atoms with van der Waals surface area (Å²) in [6.07, 6.45) is 0. The van der Waals surface area contributed by atoms with E-state index in [1.54, 1.807) is 0 Å². The van der Waals surface area contributed by atoms with E-state index in [-0.39, 0.29) is 11.9 Å². The number of amides is 1. The van der Waals surface area contributed by atoms with Crippen molar-refractivity contribution in [2.75, 3.05) is 69.5 Å². The number of piperazine rings is 1. The summed E-state index contributed by atoms with van der Waals surface area (Å²) >= 11 is 0. The Morgan fingerprint density at radius 3 is 2.42 bits per heavy atom. The summed E-state index contributed by atoms with van der Waals surface area (Å²) in [5, 5.41) is 3.08. The molecule has 3 heterocycles. The number of hydrogen-bond acceptors (Lipinski definition) is 7. The third-order valence-electron chi connectivity index (χ3n) is 6.69. The predicted octanol–water partition coefficient (Wildman–Crippen LogP) is 2.40. The van der Waals surface area contributed by atoms with Crippen LogP contribution in [0.5, 0.6) is 11.5 Å².